The van der Waals surface area contributed by atoms with Gasteiger partial charge in [-0.3, -0.25) is 4.79 Å². The van der Waals surface area contributed by atoms with Crippen molar-refractivity contribution in [3.8, 4) is 0 Å². The van der Waals surface area contributed by atoms with E-state index in [4.69, 9.17) is 5.73 Å². The Kier molecular flexibility index (Phi) is 3.06. The molecule has 0 bridgehead atoms. The van der Waals surface area contributed by atoms with Crippen LogP contribution in [0.25, 0.3) is 0 Å². The molecule has 1 amide bonds. The Labute approximate surface area is 107 Å². The first-order valence-corrected chi connectivity index (χ1v) is 6.60. The first-order valence-electron chi connectivity index (χ1n) is 6.60. The Bertz CT molecular complexity index is 472. The maximum atomic E-state index is 11.8. The second kappa shape index (κ2) is 4.71. The number of carbonyl (C=O) groups is 1. The van der Waals surface area contributed by atoms with Gasteiger partial charge in [-0.05, 0) is 36.1 Å². The first-order chi connectivity index (χ1) is 8.74. The van der Waals surface area contributed by atoms with E-state index in [1.807, 2.05) is 4.90 Å². The van der Waals surface area contributed by atoms with Crippen molar-refractivity contribution < 1.29 is 4.79 Å². The summed E-state index contributed by atoms with van der Waals surface area (Å²) in [5, 5.41) is 3.38. The van der Waals surface area contributed by atoms with Crippen LogP contribution < -0.4 is 11.1 Å². The van der Waals surface area contributed by atoms with Crippen molar-refractivity contribution in [2.45, 2.75) is 32.0 Å². The van der Waals surface area contributed by atoms with Gasteiger partial charge in [0.05, 0.1) is 6.04 Å². The molecule has 1 fully saturated rings. The molecule has 1 aromatic rings. The molecule has 1 atom stereocenters. The number of fused-ring (bicyclic) bond motifs is 1. The topological polar surface area (TPSA) is 58.4 Å². The predicted octanol–water partition coefficient (Wildman–Crippen LogP) is 0.392. The van der Waals surface area contributed by atoms with E-state index in [2.05, 4.69) is 23.5 Å². The van der Waals surface area contributed by atoms with E-state index in [0.717, 1.165) is 32.5 Å². The number of rotatable bonds is 2. The molecule has 0 unspecified atom stereocenters. The summed E-state index contributed by atoms with van der Waals surface area (Å²) >= 11 is 0. The standard InChI is InChI=1S/C14H19N3O/c15-13-4-6-17(14(13)18)9-10-1-2-11-3-5-16-8-12(11)7-10/h1-2,7,13,16H,3-6,8-9,15H2/t13-/m0/s1. The monoisotopic (exact) mass is 245 g/mol. The normalized spacial score (nSPS) is 23.3. The summed E-state index contributed by atoms with van der Waals surface area (Å²) in [7, 11) is 0. The van der Waals surface area contributed by atoms with Gasteiger partial charge in [-0.2, -0.15) is 0 Å². The van der Waals surface area contributed by atoms with Gasteiger partial charge in [-0.25, -0.2) is 0 Å². The maximum Gasteiger partial charge on any atom is 0.239 e. The van der Waals surface area contributed by atoms with Crippen molar-refractivity contribution in [2.24, 2.45) is 5.73 Å². The Morgan fingerprint density at radius 1 is 1.39 bits per heavy atom. The molecule has 2 heterocycles. The minimum atomic E-state index is -0.288. The number of nitrogens with two attached hydrogens (primary N) is 1. The number of hydrogen-bond donors (Lipinski definition) is 2. The second-order valence-electron chi connectivity index (χ2n) is 5.18. The molecule has 2 aliphatic rings. The van der Waals surface area contributed by atoms with Crippen LogP contribution in [0, 0.1) is 0 Å². The van der Waals surface area contributed by atoms with Crippen LogP contribution in [0.5, 0.6) is 0 Å². The molecule has 0 aromatic heterocycles. The van der Waals surface area contributed by atoms with Crippen LogP contribution in [0.3, 0.4) is 0 Å². The van der Waals surface area contributed by atoms with E-state index in [9.17, 15) is 4.79 Å². The highest BCUT2D eigenvalue weighted by Gasteiger charge is 2.28. The van der Waals surface area contributed by atoms with E-state index >= 15 is 0 Å². The smallest absolute Gasteiger partial charge is 0.239 e. The van der Waals surface area contributed by atoms with Crippen LogP contribution >= 0.6 is 0 Å². The van der Waals surface area contributed by atoms with Gasteiger partial charge in [0.1, 0.15) is 0 Å². The number of likely N-dealkylation sites (tertiary alicyclic amines) is 1. The summed E-state index contributed by atoms with van der Waals surface area (Å²) < 4.78 is 0. The van der Waals surface area contributed by atoms with Gasteiger partial charge in [-0.1, -0.05) is 18.2 Å². The summed E-state index contributed by atoms with van der Waals surface area (Å²) in [4.78, 5) is 13.7. The van der Waals surface area contributed by atoms with E-state index < -0.39 is 0 Å². The molecule has 1 aromatic carbocycles. The van der Waals surface area contributed by atoms with Gasteiger partial charge >= 0.3 is 0 Å². The summed E-state index contributed by atoms with van der Waals surface area (Å²) in [5.74, 6) is 0.0887. The van der Waals surface area contributed by atoms with Crippen LogP contribution in [-0.2, 0) is 24.3 Å². The third-order valence-corrected chi connectivity index (χ3v) is 3.87. The summed E-state index contributed by atoms with van der Waals surface area (Å²) in [6.45, 7) is 3.48. The molecule has 3 N–H and O–H groups in total. The number of hydrogen-bond acceptors (Lipinski definition) is 3. The third kappa shape index (κ3) is 2.13. The zero-order valence-corrected chi connectivity index (χ0v) is 10.5. The maximum absolute atomic E-state index is 11.8. The van der Waals surface area contributed by atoms with Crippen LogP contribution in [0.1, 0.15) is 23.1 Å². The lowest BCUT2D eigenvalue weighted by Gasteiger charge is -2.20. The molecular formula is C14H19N3O. The van der Waals surface area contributed by atoms with Crippen molar-refractivity contribution in [1.82, 2.24) is 10.2 Å². The van der Waals surface area contributed by atoms with Crippen LogP contribution in [-0.4, -0.2) is 29.9 Å². The Morgan fingerprint density at radius 3 is 3.06 bits per heavy atom. The molecule has 18 heavy (non-hydrogen) atoms. The average molecular weight is 245 g/mol. The fraction of sp³-hybridized carbons (Fsp3) is 0.500. The van der Waals surface area contributed by atoms with E-state index in [1.165, 1.54) is 16.7 Å². The zero-order valence-electron chi connectivity index (χ0n) is 10.5. The van der Waals surface area contributed by atoms with E-state index in [0.29, 0.717) is 6.54 Å². The van der Waals surface area contributed by atoms with E-state index in [1.54, 1.807) is 0 Å². The van der Waals surface area contributed by atoms with Gasteiger partial charge in [0.15, 0.2) is 0 Å². The van der Waals surface area contributed by atoms with Gasteiger partial charge < -0.3 is 16.0 Å². The second-order valence-corrected chi connectivity index (χ2v) is 5.18. The lowest BCUT2D eigenvalue weighted by Crippen LogP contribution is -2.33. The largest absolute Gasteiger partial charge is 0.337 e. The van der Waals surface area contributed by atoms with Crippen molar-refractivity contribution in [2.75, 3.05) is 13.1 Å². The minimum Gasteiger partial charge on any atom is -0.337 e. The van der Waals surface area contributed by atoms with E-state index in [-0.39, 0.29) is 11.9 Å². The fourth-order valence-corrected chi connectivity index (χ4v) is 2.77. The van der Waals surface area contributed by atoms with Crippen molar-refractivity contribution in [3.05, 3.63) is 34.9 Å². The molecule has 3 rings (SSSR count). The van der Waals surface area contributed by atoms with Crippen molar-refractivity contribution in [3.63, 3.8) is 0 Å². The van der Waals surface area contributed by atoms with Gasteiger partial charge in [-0.15, -0.1) is 0 Å². The molecule has 1 saturated heterocycles. The third-order valence-electron chi connectivity index (χ3n) is 3.87. The first kappa shape index (κ1) is 11.7. The molecule has 4 heteroatoms. The van der Waals surface area contributed by atoms with Gasteiger partial charge in [0.2, 0.25) is 5.91 Å². The van der Waals surface area contributed by atoms with Gasteiger partial charge in [0.25, 0.3) is 0 Å². The molecular weight excluding hydrogens is 226 g/mol. The fourth-order valence-electron chi connectivity index (χ4n) is 2.77. The molecule has 0 spiro atoms. The molecule has 2 aliphatic heterocycles. The number of amides is 1. The molecule has 4 nitrogen and oxygen atoms in total. The molecule has 96 valence electrons. The highest BCUT2D eigenvalue weighted by Crippen LogP contribution is 2.19. The lowest BCUT2D eigenvalue weighted by atomic mass is 9.98. The van der Waals surface area contributed by atoms with Crippen LogP contribution in [0.4, 0.5) is 0 Å². The Hall–Kier alpha value is -1.39. The highest BCUT2D eigenvalue weighted by atomic mass is 16.2. The van der Waals surface area contributed by atoms with Crippen molar-refractivity contribution >= 4 is 5.91 Å². The Morgan fingerprint density at radius 2 is 2.28 bits per heavy atom. The quantitative estimate of drug-likeness (QED) is 0.792. The lowest BCUT2D eigenvalue weighted by molar-refractivity contribution is -0.129. The number of nitrogens with one attached hydrogen (secondary N) is 1. The average Bonchev–Trinajstić information content (AvgIpc) is 2.71. The number of carbonyl (C=O) groups excluding carboxylic acids is 1. The summed E-state index contributed by atoms with van der Waals surface area (Å²) in [6.07, 6.45) is 1.88. The minimum absolute atomic E-state index is 0.0887. The molecule has 0 aliphatic carbocycles. The summed E-state index contributed by atoms with van der Waals surface area (Å²) in [6, 6.07) is 6.27. The predicted molar refractivity (Wildman–Crippen MR) is 69.9 cm³/mol. The SMILES string of the molecule is N[C@H]1CCN(Cc2ccc3c(c2)CNCC3)C1=O. The van der Waals surface area contributed by atoms with Gasteiger partial charge in [0, 0.05) is 19.6 Å². The Balaban J connectivity index is 1.75. The van der Waals surface area contributed by atoms with Crippen LogP contribution in [0.15, 0.2) is 18.2 Å². The number of benzene rings is 1. The molecule has 0 saturated carbocycles. The zero-order chi connectivity index (χ0) is 12.5. The number of nitrogens with zero attached hydrogens (tertiary/aromatic N) is 1. The van der Waals surface area contributed by atoms with Crippen molar-refractivity contribution in [1.29, 1.82) is 0 Å². The highest BCUT2D eigenvalue weighted by molar-refractivity contribution is 5.83. The van der Waals surface area contributed by atoms with Crippen LogP contribution in [0.2, 0.25) is 0 Å². The molecule has 0 radical (unpaired) electrons. The summed E-state index contributed by atoms with van der Waals surface area (Å²) in [5.41, 5.74) is 9.74.